The summed E-state index contributed by atoms with van der Waals surface area (Å²) in [4.78, 5) is 0. The van der Waals surface area contributed by atoms with Crippen LogP contribution in [0.4, 0.5) is 0 Å². The number of aryl methyl sites for hydroxylation is 3. The maximum Gasteiger partial charge on any atom is 0.175 e. The van der Waals surface area contributed by atoms with E-state index >= 15 is 0 Å². The van der Waals surface area contributed by atoms with Gasteiger partial charge in [0, 0.05) is 19.4 Å². The molecule has 37 heavy (non-hydrogen) atoms. The predicted molar refractivity (Wildman–Crippen MR) is 143 cm³/mol. The number of nitrogens with zero attached hydrogens (tertiary/aromatic N) is 3. The van der Waals surface area contributed by atoms with E-state index < -0.39 is 0 Å². The Balaban J connectivity index is 1.30. The summed E-state index contributed by atoms with van der Waals surface area (Å²) in [5, 5.41) is 23.5. The van der Waals surface area contributed by atoms with Gasteiger partial charge in [-0.25, -0.2) is 0 Å². The lowest BCUT2D eigenvalue weighted by molar-refractivity contribution is 0.233. The molecular formula is C30H34N4O3. The number of benzene rings is 3. The molecule has 192 valence electrons. The average Bonchev–Trinajstić information content (AvgIpc) is 3.54. The lowest BCUT2D eigenvalue weighted by Gasteiger charge is -2.18. The number of fused-ring (bicyclic) bond motifs is 1. The van der Waals surface area contributed by atoms with Crippen LogP contribution in [0.1, 0.15) is 58.0 Å². The van der Waals surface area contributed by atoms with Crippen LogP contribution in [-0.2, 0) is 19.4 Å². The molecule has 0 fully saturated rings. The summed E-state index contributed by atoms with van der Waals surface area (Å²) in [6.07, 6.45) is 3.58. The number of nitrogens with one attached hydrogen (secondary N) is 1. The molecule has 0 amide bonds. The maximum absolute atomic E-state index is 9.02. The van der Waals surface area contributed by atoms with Gasteiger partial charge in [0.25, 0.3) is 0 Å². The molecule has 1 aliphatic rings. The van der Waals surface area contributed by atoms with Gasteiger partial charge in [-0.1, -0.05) is 29.5 Å². The average molecular weight is 499 g/mol. The Hall–Kier alpha value is -3.71. The van der Waals surface area contributed by atoms with E-state index in [0.717, 1.165) is 36.6 Å². The summed E-state index contributed by atoms with van der Waals surface area (Å²) in [7, 11) is 0. The second-order valence-electron chi connectivity index (χ2n) is 9.86. The summed E-state index contributed by atoms with van der Waals surface area (Å²) in [5.74, 6) is 2.95. The fourth-order valence-corrected chi connectivity index (χ4v) is 5.43. The van der Waals surface area contributed by atoms with Gasteiger partial charge >= 0.3 is 0 Å². The molecule has 0 radical (unpaired) electrons. The Kier molecular flexibility index (Phi) is 7.51. The minimum Gasteiger partial charge on any atom is -0.493 e. The highest BCUT2D eigenvalue weighted by Crippen LogP contribution is 2.38. The van der Waals surface area contributed by atoms with Crippen molar-refractivity contribution in [2.45, 2.75) is 59.0 Å². The van der Waals surface area contributed by atoms with E-state index in [1.54, 1.807) is 0 Å². The van der Waals surface area contributed by atoms with Crippen LogP contribution in [0.25, 0.3) is 11.1 Å². The lowest BCUT2D eigenvalue weighted by Crippen LogP contribution is -2.03. The third kappa shape index (κ3) is 5.52. The van der Waals surface area contributed by atoms with Crippen molar-refractivity contribution in [3.8, 4) is 22.6 Å². The van der Waals surface area contributed by atoms with Gasteiger partial charge in [0.1, 0.15) is 18.1 Å². The van der Waals surface area contributed by atoms with Gasteiger partial charge in [0.2, 0.25) is 0 Å². The Morgan fingerprint density at radius 3 is 2.59 bits per heavy atom. The molecule has 2 N–H and O–H groups in total. The molecule has 0 bridgehead atoms. The fourth-order valence-electron chi connectivity index (χ4n) is 5.43. The number of hydrogen-bond donors (Lipinski definition) is 2. The van der Waals surface area contributed by atoms with Crippen LogP contribution in [0.2, 0.25) is 0 Å². The van der Waals surface area contributed by atoms with Crippen molar-refractivity contribution in [3.63, 3.8) is 0 Å². The molecule has 0 aliphatic heterocycles. The summed E-state index contributed by atoms with van der Waals surface area (Å²) < 4.78 is 12.1. The fraction of sp³-hybridized carbons (Fsp3) is 0.367. The highest BCUT2D eigenvalue weighted by molar-refractivity contribution is 5.75. The van der Waals surface area contributed by atoms with Gasteiger partial charge in [-0.2, -0.15) is 5.21 Å². The Morgan fingerprint density at radius 1 is 1.00 bits per heavy atom. The number of hydrogen-bond acceptors (Lipinski definition) is 6. The van der Waals surface area contributed by atoms with Gasteiger partial charge in [0.15, 0.2) is 5.82 Å². The number of rotatable bonds is 10. The van der Waals surface area contributed by atoms with Gasteiger partial charge in [-0.15, -0.1) is 10.2 Å². The zero-order valence-corrected chi connectivity index (χ0v) is 21.8. The van der Waals surface area contributed by atoms with Crippen LogP contribution in [0.5, 0.6) is 11.5 Å². The van der Waals surface area contributed by atoms with Gasteiger partial charge in [0.05, 0.1) is 6.61 Å². The summed E-state index contributed by atoms with van der Waals surface area (Å²) in [6.45, 7) is 7.59. The van der Waals surface area contributed by atoms with Crippen molar-refractivity contribution in [1.29, 1.82) is 0 Å². The zero-order chi connectivity index (χ0) is 25.8. The van der Waals surface area contributed by atoms with E-state index in [4.69, 9.17) is 14.6 Å². The van der Waals surface area contributed by atoms with E-state index in [-0.39, 0.29) is 6.61 Å². The van der Waals surface area contributed by atoms with Crippen LogP contribution < -0.4 is 9.47 Å². The monoisotopic (exact) mass is 498 g/mol. The molecule has 0 spiro atoms. The van der Waals surface area contributed by atoms with Gasteiger partial charge < -0.3 is 14.6 Å². The first-order chi connectivity index (χ1) is 18.0. The Bertz CT molecular complexity index is 1340. The summed E-state index contributed by atoms with van der Waals surface area (Å²) >= 11 is 0. The first-order valence-electron chi connectivity index (χ1n) is 12.9. The molecule has 4 aromatic rings. The minimum atomic E-state index is 0.137. The number of aliphatic hydroxyl groups is 1. The molecule has 1 aromatic heterocycles. The topological polar surface area (TPSA) is 93.1 Å². The molecule has 0 saturated carbocycles. The third-order valence-electron chi connectivity index (χ3n) is 7.32. The van der Waals surface area contributed by atoms with Crippen LogP contribution in [0.3, 0.4) is 0 Å². The molecule has 5 rings (SSSR count). The highest BCUT2D eigenvalue weighted by Gasteiger charge is 2.24. The van der Waals surface area contributed by atoms with E-state index in [0.29, 0.717) is 25.6 Å². The highest BCUT2D eigenvalue weighted by atomic mass is 16.5. The van der Waals surface area contributed by atoms with Crippen molar-refractivity contribution in [1.82, 2.24) is 20.6 Å². The first kappa shape index (κ1) is 25.0. The molecular weight excluding hydrogens is 464 g/mol. The van der Waals surface area contributed by atoms with E-state index in [9.17, 15) is 0 Å². The van der Waals surface area contributed by atoms with Gasteiger partial charge in [-0.05, 0) is 108 Å². The standard InChI is InChI=1S/C30H34N4O3/c1-19-14-26(36-13-5-12-35)15-20(2)30(19)27-7-4-6-24(21(27)3)18-37-25-10-11-28-22(16-25)8-9-23(28)17-29-31-33-34-32-29/h4,6-7,10-11,14-16,23,35H,5,8-9,12-13,17-18H2,1-3H3,(H,31,32,33,34). The van der Waals surface area contributed by atoms with E-state index in [1.807, 2.05) is 0 Å². The molecule has 7 heteroatoms. The smallest absolute Gasteiger partial charge is 0.175 e. The van der Waals surface area contributed by atoms with Crippen molar-refractivity contribution in [2.24, 2.45) is 0 Å². The van der Waals surface area contributed by atoms with Crippen molar-refractivity contribution < 1.29 is 14.6 Å². The molecule has 1 unspecified atom stereocenters. The van der Waals surface area contributed by atoms with Crippen LogP contribution >= 0.6 is 0 Å². The third-order valence-corrected chi connectivity index (χ3v) is 7.32. The SMILES string of the molecule is Cc1cc(OCCCO)cc(C)c1-c1cccc(COc2ccc3c(c2)CCC3Cc2nn[nH]n2)c1C. The number of aromatic nitrogens is 4. The van der Waals surface area contributed by atoms with Crippen molar-refractivity contribution in [3.05, 3.63) is 87.7 Å². The summed E-state index contributed by atoms with van der Waals surface area (Å²) in [5.41, 5.74) is 9.92. The second kappa shape index (κ2) is 11.1. The van der Waals surface area contributed by atoms with Crippen molar-refractivity contribution in [2.75, 3.05) is 13.2 Å². The summed E-state index contributed by atoms with van der Waals surface area (Å²) in [6, 6.07) is 17.1. The minimum absolute atomic E-state index is 0.137. The molecule has 3 aromatic carbocycles. The number of ether oxygens (including phenoxy) is 2. The molecule has 7 nitrogen and oxygen atoms in total. The lowest BCUT2D eigenvalue weighted by atomic mass is 9.90. The normalized spacial score (nSPS) is 14.5. The second-order valence-corrected chi connectivity index (χ2v) is 9.86. The van der Waals surface area contributed by atoms with E-state index in [1.165, 1.54) is 44.5 Å². The Morgan fingerprint density at radius 2 is 1.84 bits per heavy atom. The number of aromatic amines is 1. The maximum atomic E-state index is 9.02. The van der Waals surface area contributed by atoms with Crippen LogP contribution in [-0.4, -0.2) is 38.9 Å². The molecule has 1 atom stereocenters. The first-order valence-corrected chi connectivity index (χ1v) is 12.9. The quantitative estimate of drug-likeness (QED) is 0.284. The number of aliphatic hydroxyl groups excluding tert-OH is 1. The van der Waals surface area contributed by atoms with Crippen LogP contribution in [0.15, 0.2) is 48.5 Å². The van der Waals surface area contributed by atoms with E-state index in [2.05, 4.69) is 89.9 Å². The van der Waals surface area contributed by atoms with Crippen molar-refractivity contribution >= 4 is 0 Å². The van der Waals surface area contributed by atoms with Gasteiger partial charge in [-0.3, -0.25) is 0 Å². The molecule has 0 saturated heterocycles. The van der Waals surface area contributed by atoms with Crippen LogP contribution in [0, 0.1) is 20.8 Å². The predicted octanol–water partition coefficient (Wildman–Crippen LogP) is 5.40. The molecule has 1 heterocycles. The number of tetrazole rings is 1. The largest absolute Gasteiger partial charge is 0.493 e. The Labute approximate surface area is 217 Å². The zero-order valence-electron chi connectivity index (χ0n) is 21.8. The number of H-pyrrole nitrogens is 1. The molecule has 1 aliphatic carbocycles.